The molecule has 2 heterocycles. The Morgan fingerprint density at radius 3 is 2.81 bits per heavy atom. The van der Waals surface area contributed by atoms with E-state index in [1.54, 1.807) is 6.07 Å². The summed E-state index contributed by atoms with van der Waals surface area (Å²) in [5.41, 5.74) is 0.315. The topological polar surface area (TPSA) is 84.7 Å². The van der Waals surface area contributed by atoms with Crippen LogP contribution in [0.3, 0.4) is 0 Å². The van der Waals surface area contributed by atoms with Crippen LogP contribution in [0.15, 0.2) is 12.3 Å². The number of aliphatic carboxylic acids is 1. The molecule has 1 amide bonds. The SMILES string of the molecule is O=C(O)[C@@H]1COCCN1C(=O)c1ccn(C2CCCC2)n1. The molecule has 2 aliphatic rings. The van der Waals surface area contributed by atoms with Crippen molar-refractivity contribution in [1.29, 1.82) is 0 Å². The summed E-state index contributed by atoms with van der Waals surface area (Å²) in [6, 6.07) is 1.11. The molecule has 114 valence electrons. The Kier molecular flexibility index (Phi) is 3.92. The van der Waals surface area contributed by atoms with Gasteiger partial charge in [0, 0.05) is 12.7 Å². The second-order valence-electron chi connectivity index (χ2n) is 5.55. The average molecular weight is 293 g/mol. The summed E-state index contributed by atoms with van der Waals surface area (Å²) < 4.78 is 6.99. The van der Waals surface area contributed by atoms with Crippen LogP contribution in [0.4, 0.5) is 0 Å². The van der Waals surface area contributed by atoms with Gasteiger partial charge in [-0.1, -0.05) is 12.8 Å². The first-order valence-corrected chi connectivity index (χ1v) is 7.33. The van der Waals surface area contributed by atoms with Crippen LogP contribution < -0.4 is 0 Å². The third-order valence-electron chi connectivity index (χ3n) is 4.20. The molecule has 1 atom stereocenters. The molecule has 21 heavy (non-hydrogen) atoms. The van der Waals surface area contributed by atoms with Crippen molar-refractivity contribution in [2.45, 2.75) is 37.8 Å². The van der Waals surface area contributed by atoms with Crippen LogP contribution in [0.2, 0.25) is 0 Å². The fraction of sp³-hybridized carbons (Fsp3) is 0.643. The van der Waals surface area contributed by atoms with Gasteiger partial charge in [-0.3, -0.25) is 9.48 Å². The van der Waals surface area contributed by atoms with Crippen LogP contribution >= 0.6 is 0 Å². The Balaban J connectivity index is 1.76. The lowest BCUT2D eigenvalue weighted by Crippen LogP contribution is -2.52. The molecule has 0 radical (unpaired) electrons. The fourth-order valence-corrected chi connectivity index (χ4v) is 3.02. The Hall–Kier alpha value is -1.89. The van der Waals surface area contributed by atoms with E-state index in [2.05, 4.69) is 5.10 Å². The summed E-state index contributed by atoms with van der Waals surface area (Å²) in [6.45, 7) is 0.676. The van der Waals surface area contributed by atoms with Crippen LogP contribution in [0, 0.1) is 0 Å². The van der Waals surface area contributed by atoms with Crippen molar-refractivity contribution in [2.75, 3.05) is 19.8 Å². The summed E-state index contributed by atoms with van der Waals surface area (Å²) in [6.07, 6.45) is 6.38. The molecule has 1 saturated carbocycles. The van der Waals surface area contributed by atoms with Crippen molar-refractivity contribution in [1.82, 2.24) is 14.7 Å². The number of nitrogens with zero attached hydrogens (tertiary/aromatic N) is 3. The monoisotopic (exact) mass is 293 g/mol. The summed E-state index contributed by atoms with van der Waals surface area (Å²) >= 11 is 0. The van der Waals surface area contributed by atoms with Gasteiger partial charge >= 0.3 is 5.97 Å². The van der Waals surface area contributed by atoms with E-state index in [0.29, 0.717) is 18.3 Å². The number of ether oxygens (including phenoxy) is 1. The highest BCUT2D eigenvalue weighted by molar-refractivity contribution is 5.95. The van der Waals surface area contributed by atoms with Gasteiger partial charge in [0.1, 0.15) is 5.69 Å². The van der Waals surface area contributed by atoms with Crippen molar-refractivity contribution in [3.05, 3.63) is 18.0 Å². The van der Waals surface area contributed by atoms with E-state index in [1.807, 2.05) is 10.9 Å². The van der Waals surface area contributed by atoms with E-state index in [1.165, 1.54) is 17.7 Å². The number of carboxylic acid groups (broad SMARTS) is 1. The van der Waals surface area contributed by atoms with Gasteiger partial charge in [-0.05, 0) is 18.9 Å². The molecule has 1 aromatic rings. The molecule has 0 unspecified atom stereocenters. The maximum atomic E-state index is 12.5. The van der Waals surface area contributed by atoms with Gasteiger partial charge < -0.3 is 14.7 Å². The zero-order valence-electron chi connectivity index (χ0n) is 11.8. The van der Waals surface area contributed by atoms with E-state index in [-0.39, 0.29) is 19.1 Å². The van der Waals surface area contributed by atoms with Crippen molar-refractivity contribution in [3.63, 3.8) is 0 Å². The molecule has 7 heteroatoms. The first-order valence-electron chi connectivity index (χ1n) is 7.33. The predicted octanol–water partition coefficient (Wildman–Crippen LogP) is 0.924. The molecule has 0 spiro atoms. The van der Waals surface area contributed by atoms with E-state index < -0.39 is 12.0 Å². The molecule has 3 rings (SSSR count). The Morgan fingerprint density at radius 1 is 1.33 bits per heavy atom. The summed E-state index contributed by atoms with van der Waals surface area (Å²) in [4.78, 5) is 25.0. The second-order valence-corrected chi connectivity index (χ2v) is 5.55. The smallest absolute Gasteiger partial charge is 0.328 e. The number of carboxylic acids is 1. The first-order chi connectivity index (χ1) is 10.2. The van der Waals surface area contributed by atoms with E-state index in [9.17, 15) is 14.7 Å². The molecule has 0 aromatic carbocycles. The number of morpholine rings is 1. The quantitative estimate of drug-likeness (QED) is 0.896. The number of rotatable bonds is 3. The highest BCUT2D eigenvalue weighted by Crippen LogP contribution is 2.28. The Morgan fingerprint density at radius 2 is 2.10 bits per heavy atom. The van der Waals surface area contributed by atoms with E-state index >= 15 is 0 Å². The van der Waals surface area contributed by atoms with Gasteiger partial charge in [0.15, 0.2) is 6.04 Å². The molecule has 0 bridgehead atoms. The van der Waals surface area contributed by atoms with Gasteiger partial charge in [-0.2, -0.15) is 5.10 Å². The third kappa shape index (κ3) is 2.78. The van der Waals surface area contributed by atoms with Crippen LogP contribution in [-0.4, -0.2) is 57.5 Å². The van der Waals surface area contributed by atoms with Gasteiger partial charge in [-0.15, -0.1) is 0 Å². The average Bonchev–Trinajstić information content (AvgIpc) is 3.17. The van der Waals surface area contributed by atoms with Gasteiger partial charge in [0.05, 0.1) is 19.3 Å². The fourth-order valence-electron chi connectivity index (χ4n) is 3.02. The predicted molar refractivity (Wildman–Crippen MR) is 73.0 cm³/mol. The molecule has 1 N–H and O–H groups in total. The minimum atomic E-state index is -1.04. The van der Waals surface area contributed by atoms with Crippen LogP contribution in [-0.2, 0) is 9.53 Å². The minimum Gasteiger partial charge on any atom is -0.480 e. The number of hydrogen-bond acceptors (Lipinski definition) is 4. The highest BCUT2D eigenvalue weighted by atomic mass is 16.5. The molecular weight excluding hydrogens is 274 g/mol. The van der Waals surface area contributed by atoms with Crippen molar-refractivity contribution in [3.8, 4) is 0 Å². The lowest BCUT2D eigenvalue weighted by Gasteiger charge is -2.32. The van der Waals surface area contributed by atoms with E-state index in [0.717, 1.165) is 12.8 Å². The Labute approximate surface area is 122 Å². The maximum absolute atomic E-state index is 12.5. The van der Waals surface area contributed by atoms with Crippen LogP contribution in [0.25, 0.3) is 0 Å². The number of amides is 1. The summed E-state index contributed by atoms with van der Waals surface area (Å²) in [7, 11) is 0. The van der Waals surface area contributed by atoms with Crippen LogP contribution in [0.1, 0.15) is 42.2 Å². The summed E-state index contributed by atoms with van der Waals surface area (Å²) in [5.74, 6) is -1.37. The first kappa shape index (κ1) is 14.1. The molecule has 1 aromatic heterocycles. The largest absolute Gasteiger partial charge is 0.480 e. The molecular formula is C14H19N3O4. The zero-order valence-corrected chi connectivity index (χ0v) is 11.8. The molecule has 2 fully saturated rings. The van der Waals surface area contributed by atoms with Crippen molar-refractivity contribution in [2.24, 2.45) is 0 Å². The molecule has 7 nitrogen and oxygen atoms in total. The van der Waals surface area contributed by atoms with Crippen molar-refractivity contribution < 1.29 is 19.4 Å². The van der Waals surface area contributed by atoms with Gasteiger partial charge in [0.25, 0.3) is 5.91 Å². The maximum Gasteiger partial charge on any atom is 0.328 e. The molecule has 1 aliphatic carbocycles. The zero-order chi connectivity index (χ0) is 14.8. The minimum absolute atomic E-state index is 0.0321. The van der Waals surface area contributed by atoms with Crippen LogP contribution in [0.5, 0.6) is 0 Å². The highest BCUT2D eigenvalue weighted by Gasteiger charge is 2.34. The Bertz CT molecular complexity index is 536. The lowest BCUT2D eigenvalue weighted by atomic mass is 10.2. The number of carbonyl (C=O) groups excluding carboxylic acids is 1. The number of hydrogen-bond donors (Lipinski definition) is 1. The number of aromatic nitrogens is 2. The molecule has 1 aliphatic heterocycles. The van der Waals surface area contributed by atoms with Crippen molar-refractivity contribution >= 4 is 11.9 Å². The van der Waals surface area contributed by atoms with Gasteiger partial charge in [-0.25, -0.2) is 4.79 Å². The summed E-state index contributed by atoms with van der Waals surface area (Å²) in [5, 5.41) is 13.5. The van der Waals surface area contributed by atoms with E-state index in [4.69, 9.17) is 4.74 Å². The lowest BCUT2D eigenvalue weighted by molar-refractivity contribution is -0.147. The standard InChI is InChI=1S/C14H19N3O4/c18-13(16-7-8-21-9-12(16)14(19)20)11-5-6-17(15-11)10-3-1-2-4-10/h5-6,10,12H,1-4,7-9H2,(H,19,20)/t12-/m0/s1. The second kappa shape index (κ2) is 5.85. The number of carbonyl (C=O) groups is 2. The third-order valence-corrected chi connectivity index (χ3v) is 4.20. The normalized spacial score (nSPS) is 23.4. The molecule has 1 saturated heterocycles. The van der Waals surface area contributed by atoms with Gasteiger partial charge in [0.2, 0.25) is 0 Å².